The third-order valence-electron chi connectivity index (χ3n) is 3.21. The molecule has 5 nitrogen and oxygen atoms in total. The molecular weight excluding hydrogens is 322 g/mol. The Balaban J connectivity index is 1.94. The Morgan fingerprint density at radius 2 is 2.17 bits per heavy atom. The van der Waals surface area contributed by atoms with Crippen molar-refractivity contribution in [2.24, 2.45) is 0 Å². The van der Waals surface area contributed by atoms with Gasteiger partial charge >= 0.3 is 0 Å². The van der Waals surface area contributed by atoms with Crippen LogP contribution in [0.2, 0.25) is 0 Å². The van der Waals surface area contributed by atoms with E-state index >= 15 is 0 Å². The summed E-state index contributed by atoms with van der Waals surface area (Å²) in [6.45, 7) is 4.35. The zero-order valence-electron chi connectivity index (χ0n) is 13.8. The van der Waals surface area contributed by atoms with Crippen molar-refractivity contribution < 1.29 is 9.84 Å². The minimum absolute atomic E-state index is 0.0785. The number of nitrogens with one attached hydrogen (secondary N) is 1. The van der Waals surface area contributed by atoms with E-state index in [4.69, 9.17) is 11.2 Å². The average Bonchev–Trinajstić information content (AvgIpc) is 3.02. The van der Waals surface area contributed by atoms with Crippen LogP contribution in [0, 0.1) is 19.3 Å². The number of aliphatic hydroxyl groups excluding tert-OH is 1. The largest absolute Gasteiger partial charge is 0.490 e. The molecule has 0 saturated carbocycles. The third kappa shape index (κ3) is 5.78. The lowest BCUT2D eigenvalue weighted by molar-refractivity contribution is 0.105. The minimum Gasteiger partial charge on any atom is -0.490 e. The van der Waals surface area contributed by atoms with Gasteiger partial charge in [0.1, 0.15) is 28.5 Å². The van der Waals surface area contributed by atoms with Gasteiger partial charge in [-0.3, -0.25) is 0 Å². The predicted molar refractivity (Wildman–Crippen MR) is 97.8 cm³/mol. The number of nitrogens with zero attached hydrogens (tertiary/aromatic N) is 2. The average molecular weight is 343 g/mol. The second kappa shape index (κ2) is 9.18. The molecule has 0 saturated heterocycles. The molecule has 1 aromatic carbocycles. The molecule has 1 aromatic heterocycles. The summed E-state index contributed by atoms with van der Waals surface area (Å²) in [5.74, 6) is 3.26. The maximum Gasteiger partial charge on any atom is 0.140 e. The van der Waals surface area contributed by atoms with E-state index in [1.54, 1.807) is 0 Å². The lowest BCUT2D eigenvalue weighted by Crippen LogP contribution is -2.35. The maximum absolute atomic E-state index is 9.97. The fourth-order valence-electron chi connectivity index (χ4n) is 1.91. The number of ether oxygens (including phenoxy) is 1. The van der Waals surface area contributed by atoms with Crippen molar-refractivity contribution in [3.8, 4) is 18.1 Å². The zero-order chi connectivity index (χ0) is 17.4. The summed E-state index contributed by atoms with van der Waals surface area (Å²) in [7, 11) is 0. The van der Waals surface area contributed by atoms with Gasteiger partial charge in [-0.1, -0.05) is 35.5 Å². The summed E-state index contributed by atoms with van der Waals surface area (Å²) in [5, 5.41) is 22.8. The normalized spacial score (nSPS) is 13.6. The lowest BCUT2D eigenvalue weighted by atomic mass is 10.2. The Kier molecular flexibility index (Phi) is 6.94. The molecular formula is C18H21N3O2S. The number of para-hydroxylation sites is 1. The van der Waals surface area contributed by atoms with Crippen LogP contribution in [0.15, 0.2) is 24.3 Å². The van der Waals surface area contributed by atoms with Crippen molar-refractivity contribution in [2.75, 3.05) is 13.2 Å². The minimum atomic E-state index is -0.636. The van der Waals surface area contributed by atoms with Gasteiger partial charge in [0.15, 0.2) is 0 Å². The van der Waals surface area contributed by atoms with E-state index in [9.17, 15) is 5.11 Å². The van der Waals surface area contributed by atoms with Crippen LogP contribution < -0.4 is 10.1 Å². The fraction of sp³-hybridized carbons (Fsp3) is 0.333. The molecule has 0 radical (unpaired) electrons. The van der Waals surface area contributed by atoms with Crippen LogP contribution in [0.5, 0.6) is 5.75 Å². The Morgan fingerprint density at radius 3 is 2.88 bits per heavy atom. The van der Waals surface area contributed by atoms with Gasteiger partial charge in [-0.2, -0.15) is 0 Å². The van der Waals surface area contributed by atoms with Crippen LogP contribution in [0.4, 0.5) is 0 Å². The van der Waals surface area contributed by atoms with Gasteiger partial charge in [-0.05, 0) is 32.1 Å². The highest BCUT2D eigenvalue weighted by molar-refractivity contribution is 7.12. The number of aromatic nitrogens is 2. The third-order valence-corrected chi connectivity index (χ3v) is 4.01. The first kappa shape index (κ1) is 18.1. The van der Waals surface area contributed by atoms with E-state index in [0.717, 1.165) is 15.6 Å². The molecule has 2 N–H and O–H groups in total. The van der Waals surface area contributed by atoms with Gasteiger partial charge in [-0.25, -0.2) is 0 Å². The first-order valence-electron chi connectivity index (χ1n) is 7.66. The molecule has 0 amide bonds. The van der Waals surface area contributed by atoms with Gasteiger partial charge in [-0.15, -0.1) is 16.6 Å². The first-order chi connectivity index (χ1) is 11.6. The number of benzene rings is 1. The molecule has 0 aliphatic rings. The molecule has 6 heteroatoms. The number of hydrogen-bond acceptors (Lipinski definition) is 6. The highest BCUT2D eigenvalue weighted by Gasteiger charge is 2.08. The Bertz CT molecular complexity index is 721. The maximum atomic E-state index is 9.97. The highest BCUT2D eigenvalue weighted by atomic mass is 32.1. The van der Waals surface area contributed by atoms with Crippen LogP contribution in [0.1, 0.15) is 22.5 Å². The Morgan fingerprint density at radius 1 is 1.38 bits per heavy atom. The van der Waals surface area contributed by atoms with Crippen LogP contribution >= 0.6 is 11.3 Å². The van der Waals surface area contributed by atoms with E-state index in [1.807, 2.05) is 50.3 Å². The molecule has 0 spiro atoms. The molecule has 24 heavy (non-hydrogen) atoms. The van der Waals surface area contributed by atoms with Gasteiger partial charge in [0.05, 0.1) is 6.04 Å². The number of rotatable bonds is 8. The summed E-state index contributed by atoms with van der Waals surface area (Å²) in [4.78, 5) is 0. The van der Waals surface area contributed by atoms with E-state index in [2.05, 4.69) is 21.4 Å². The standard InChI is InChI=1S/C18H21N3O2S/c1-4-13(2)19-11-16(22)12-23-17-8-6-5-7-15(17)9-10-18-21-20-14(3)24-18/h1,5-10,13,16,19,22H,11-12H2,2-3H3/b10-9-. The van der Waals surface area contributed by atoms with Crippen LogP contribution in [-0.4, -0.2) is 40.6 Å². The van der Waals surface area contributed by atoms with Crippen molar-refractivity contribution in [3.63, 3.8) is 0 Å². The second-order valence-electron chi connectivity index (χ2n) is 5.29. The fourth-order valence-corrected chi connectivity index (χ4v) is 2.51. The zero-order valence-corrected chi connectivity index (χ0v) is 14.6. The number of aliphatic hydroxyl groups is 1. The van der Waals surface area contributed by atoms with Gasteiger partial charge in [0.2, 0.25) is 0 Å². The molecule has 2 atom stereocenters. The summed E-state index contributed by atoms with van der Waals surface area (Å²) in [6.07, 6.45) is 8.48. The molecule has 0 fully saturated rings. The SMILES string of the molecule is C#CC(C)NCC(O)COc1ccccc1/C=C\c1nnc(C)s1. The molecule has 2 unspecified atom stereocenters. The van der Waals surface area contributed by atoms with Crippen molar-refractivity contribution in [1.29, 1.82) is 0 Å². The van der Waals surface area contributed by atoms with Crippen molar-refractivity contribution >= 4 is 23.5 Å². The lowest BCUT2D eigenvalue weighted by Gasteiger charge is -2.15. The summed E-state index contributed by atoms with van der Waals surface area (Å²) < 4.78 is 5.73. The molecule has 126 valence electrons. The summed E-state index contributed by atoms with van der Waals surface area (Å²) in [5.41, 5.74) is 0.919. The van der Waals surface area contributed by atoms with Crippen LogP contribution in [0.25, 0.3) is 12.2 Å². The van der Waals surface area contributed by atoms with Crippen molar-refractivity contribution in [1.82, 2.24) is 15.5 Å². The van der Waals surface area contributed by atoms with Crippen LogP contribution in [-0.2, 0) is 0 Å². The van der Waals surface area contributed by atoms with Gasteiger partial charge in [0, 0.05) is 12.1 Å². The predicted octanol–water partition coefficient (Wildman–Crippen LogP) is 2.37. The summed E-state index contributed by atoms with van der Waals surface area (Å²) >= 11 is 1.53. The van der Waals surface area contributed by atoms with Gasteiger partial charge in [0.25, 0.3) is 0 Å². The van der Waals surface area contributed by atoms with E-state index in [0.29, 0.717) is 12.3 Å². The monoisotopic (exact) mass is 343 g/mol. The Hall–Kier alpha value is -2.20. The second-order valence-corrected chi connectivity index (χ2v) is 6.51. The van der Waals surface area contributed by atoms with E-state index < -0.39 is 6.10 Å². The smallest absolute Gasteiger partial charge is 0.140 e. The van der Waals surface area contributed by atoms with Crippen molar-refractivity contribution in [2.45, 2.75) is 26.0 Å². The Labute approximate surface area is 146 Å². The molecule has 1 heterocycles. The molecule has 0 aliphatic heterocycles. The van der Waals surface area contributed by atoms with Gasteiger partial charge < -0.3 is 15.2 Å². The highest BCUT2D eigenvalue weighted by Crippen LogP contribution is 2.21. The van der Waals surface area contributed by atoms with Crippen molar-refractivity contribution in [3.05, 3.63) is 39.8 Å². The van der Waals surface area contributed by atoms with E-state index in [1.165, 1.54) is 11.3 Å². The van der Waals surface area contributed by atoms with Crippen LogP contribution in [0.3, 0.4) is 0 Å². The molecule has 2 aromatic rings. The summed E-state index contributed by atoms with van der Waals surface area (Å²) in [6, 6.07) is 7.57. The molecule has 0 bridgehead atoms. The quantitative estimate of drug-likeness (QED) is 0.720. The van der Waals surface area contributed by atoms with E-state index in [-0.39, 0.29) is 12.6 Å². The number of aryl methyl sites for hydroxylation is 1. The topological polar surface area (TPSA) is 67.3 Å². The number of hydrogen-bond donors (Lipinski definition) is 2. The first-order valence-corrected chi connectivity index (χ1v) is 8.47. The number of terminal acetylenes is 1. The molecule has 0 aliphatic carbocycles. The molecule has 2 rings (SSSR count).